The Morgan fingerprint density at radius 1 is 0.881 bits per heavy atom. The number of aliphatic carboxylic acids is 1. The molecule has 0 bridgehead atoms. The van der Waals surface area contributed by atoms with Crippen LogP contribution in [0.3, 0.4) is 0 Å². The van der Waals surface area contributed by atoms with Gasteiger partial charge in [-0.1, -0.05) is 54.6 Å². The number of carbonyl (C=O) groups excluding carboxylic acids is 1. The molecular weight excluding hydrogens is 555 g/mol. The molecule has 11 heteroatoms. The van der Waals surface area contributed by atoms with E-state index in [0.29, 0.717) is 25.4 Å². The largest absolute Gasteiger partial charge is 0.492 e. The molecule has 1 unspecified atom stereocenters. The molecule has 1 N–H and O–H groups in total. The molecule has 0 aliphatic rings. The number of halogens is 3. The van der Waals surface area contributed by atoms with Gasteiger partial charge in [-0.05, 0) is 48.7 Å². The number of nitrogens with zero attached hydrogens (tertiary/aromatic N) is 1. The second-order valence-electron chi connectivity index (χ2n) is 9.22. The Labute approximate surface area is 242 Å². The van der Waals surface area contributed by atoms with Gasteiger partial charge in [0.1, 0.15) is 18.1 Å². The van der Waals surface area contributed by atoms with Crippen LogP contribution in [0.25, 0.3) is 0 Å². The molecule has 0 saturated carbocycles. The molecule has 0 spiro atoms. The predicted octanol–water partition coefficient (Wildman–Crippen LogP) is 6.22. The summed E-state index contributed by atoms with van der Waals surface area (Å²) in [6.45, 7) is 2.95. The third-order valence-electron chi connectivity index (χ3n) is 6.09. The summed E-state index contributed by atoms with van der Waals surface area (Å²) in [6, 6.07) is 20.8. The topological polar surface area (TPSA) is 94.5 Å². The van der Waals surface area contributed by atoms with Gasteiger partial charge in [0.05, 0.1) is 18.7 Å². The van der Waals surface area contributed by atoms with E-state index in [-0.39, 0.29) is 32.7 Å². The van der Waals surface area contributed by atoms with Crippen molar-refractivity contribution >= 4 is 12.1 Å². The number of rotatable bonds is 16. The number of hydrogen-bond donors (Lipinski definition) is 1. The van der Waals surface area contributed by atoms with Crippen molar-refractivity contribution in [1.82, 2.24) is 4.90 Å². The number of hydrogen-bond acceptors (Lipinski definition) is 6. The summed E-state index contributed by atoms with van der Waals surface area (Å²) in [5.74, 6) is -1.15. The van der Waals surface area contributed by atoms with Crippen molar-refractivity contribution in [3.63, 3.8) is 0 Å². The van der Waals surface area contributed by atoms with Crippen molar-refractivity contribution in [3.8, 4) is 11.5 Å². The van der Waals surface area contributed by atoms with Crippen molar-refractivity contribution in [1.29, 1.82) is 0 Å². The minimum Gasteiger partial charge on any atom is -0.492 e. The standard InChI is InChI=1S/C31H34F3NO7/c1-2-40-28(29(36)37)21-23-13-15-25(16-14-23)41-20-18-35(17-8-19-39-22-24-9-4-3-5-10-24)30(38)42-27-12-7-6-11-26(27)31(32,33)34/h3-7,9-16,28H,2,8,17-22H2,1H3,(H,36,37). The zero-order chi connectivity index (χ0) is 30.4. The maximum absolute atomic E-state index is 13.4. The summed E-state index contributed by atoms with van der Waals surface area (Å²) in [4.78, 5) is 25.6. The fourth-order valence-electron chi connectivity index (χ4n) is 3.99. The Kier molecular flexibility index (Phi) is 12.6. The van der Waals surface area contributed by atoms with Gasteiger partial charge in [-0.25, -0.2) is 9.59 Å². The summed E-state index contributed by atoms with van der Waals surface area (Å²) in [5.41, 5.74) is 0.691. The molecule has 0 fully saturated rings. The third-order valence-corrected chi connectivity index (χ3v) is 6.09. The molecule has 3 aromatic carbocycles. The van der Waals surface area contributed by atoms with Gasteiger partial charge in [-0.3, -0.25) is 0 Å². The summed E-state index contributed by atoms with van der Waals surface area (Å²) in [7, 11) is 0. The van der Waals surface area contributed by atoms with Crippen LogP contribution in [0, 0.1) is 0 Å². The van der Waals surface area contributed by atoms with Crippen LogP contribution in [-0.4, -0.2) is 61.1 Å². The fraction of sp³-hybridized carbons (Fsp3) is 0.355. The van der Waals surface area contributed by atoms with Crippen molar-refractivity contribution in [3.05, 3.63) is 95.6 Å². The Bertz CT molecular complexity index is 1250. The Morgan fingerprint density at radius 3 is 2.24 bits per heavy atom. The van der Waals surface area contributed by atoms with E-state index in [2.05, 4.69) is 0 Å². The Balaban J connectivity index is 1.58. The van der Waals surface area contributed by atoms with Crippen molar-refractivity contribution in [2.45, 2.75) is 38.7 Å². The smallest absolute Gasteiger partial charge is 0.419 e. The van der Waals surface area contributed by atoms with Crippen LogP contribution in [0.5, 0.6) is 11.5 Å². The molecule has 0 aliphatic heterocycles. The number of para-hydroxylation sites is 1. The van der Waals surface area contributed by atoms with Crippen LogP contribution in [0.2, 0.25) is 0 Å². The van der Waals surface area contributed by atoms with E-state index in [1.54, 1.807) is 31.2 Å². The van der Waals surface area contributed by atoms with Gasteiger partial charge in [-0.2, -0.15) is 13.2 Å². The van der Waals surface area contributed by atoms with Crippen LogP contribution in [0.4, 0.5) is 18.0 Å². The minimum atomic E-state index is -4.69. The second-order valence-corrected chi connectivity index (χ2v) is 9.22. The zero-order valence-corrected chi connectivity index (χ0v) is 23.2. The molecule has 0 radical (unpaired) electrons. The number of carboxylic acid groups (broad SMARTS) is 1. The lowest BCUT2D eigenvalue weighted by Crippen LogP contribution is -2.38. The second kappa shape index (κ2) is 16.4. The normalized spacial score (nSPS) is 12.0. The van der Waals surface area contributed by atoms with E-state index in [1.165, 1.54) is 17.0 Å². The van der Waals surface area contributed by atoms with E-state index in [4.69, 9.17) is 18.9 Å². The maximum atomic E-state index is 13.4. The number of ether oxygens (including phenoxy) is 4. The van der Waals surface area contributed by atoms with Gasteiger partial charge in [0.25, 0.3) is 0 Å². The van der Waals surface area contributed by atoms with Crippen LogP contribution in [0.15, 0.2) is 78.9 Å². The Morgan fingerprint density at radius 2 is 1.57 bits per heavy atom. The number of carbonyl (C=O) groups is 2. The van der Waals surface area contributed by atoms with E-state index < -0.39 is 35.7 Å². The highest BCUT2D eigenvalue weighted by atomic mass is 19.4. The van der Waals surface area contributed by atoms with Crippen LogP contribution < -0.4 is 9.47 Å². The Hall–Kier alpha value is -4.09. The van der Waals surface area contributed by atoms with Crippen LogP contribution in [-0.2, 0) is 33.5 Å². The number of amides is 1. The van der Waals surface area contributed by atoms with E-state index >= 15 is 0 Å². The zero-order valence-electron chi connectivity index (χ0n) is 23.2. The van der Waals surface area contributed by atoms with Crippen molar-refractivity contribution in [2.24, 2.45) is 0 Å². The van der Waals surface area contributed by atoms with Crippen LogP contribution in [0.1, 0.15) is 30.0 Å². The third kappa shape index (κ3) is 10.7. The average Bonchev–Trinajstić information content (AvgIpc) is 2.97. The summed E-state index contributed by atoms with van der Waals surface area (Å²) in [6.07, 6.45) is -5.98. The first-order chi connectivity index (χ1) is 20.2. The SMILES string of the molecule is CCOC(Cc1ccc(OCCN(CCCOCc2ccccc2)C(=O)Oc2ccccc2C(F)(F)F)cc1)C(=O)O. The molecular formula is C31H34F3NO7. The highest BCUT2D eigenvalue weighted by Crippen LogP contribution is 2.36. The summed E-state index contributed by atoms with van der Waals surface area (Å²) >= 11 is 0. The summed E-state index contributed by atoms with van der Waals surface area (Å²) < 4.78 is 62.1. The first-order valence-electron chi connectivity index (χ1n) is 13.5. The number of alkyl halides is 3. The molecule has 0 aliphatic carbocycles. The van der Waals surface area contributed by atoms with Crippen molar-refractivity contribution in [2.75, 3.05) is 32.9 Å². The average molecular weight is 590 g/mol. The molecule has 226 valence electrons. The molecule has 0 aromatic heterocycles. The first kappa shape index (κ1) is 32.4. The number of carboxylic acids is 1. The highest BCUT2D eigenvalue weighted by molar-refractivity contribution is 5.72. The predicted molar refractivity (Wildman–Crippen MR) is 148 cm³/mol. The van der Waals surface area contributed by atoms with E-state index in [1.807, 2.05) is 30.3 Å². The monoisotopic (exact) mass is 589 g/mol. The van der Waals surface area contributed by atoms with Gasteiger partial charge < -0.3 is 29.0 Å². The van der Waals surface area contributed by atoms with Gasteiger partial charge >= 0.3 is 18.2 Å². The first-order valence-corrected chi connectivity index (χ1v) is 13.5. The van der Waals surface area contributed by atoms with Crippen molar-refractivity contribution < 1.29 is 46.8 Å². The summed E-state index contributed by atoms with van der Waals surface area (Å²) in [5, 5.41) is 9.27. The lowest BCUT2D eigenvalue weighted by atomic mass is 10.1. The van der Waals surface area contributed by atoms with E-state index in [9.17, 15) is 27.9 Å². The van der Waals surface area contributed by atoms with Gasteiger partial charge in [-0.15, -0.1) is 0 Å². The molecule has 42 heavy (non-hydrogen) atoms. The minimum absolute atomic E-state index is 0.0386. The molecule has 1 amide bonds. The molecule has 0 heterocycles. The molecule has 3 rings (SSSR count). The molecule has 1 atom stereocenters. The molecule has 0 saturated heterocycles. The molecule has 3 aromatic rings. The quantitative estimate of drug-likeness (QED) is 0.198. The fourth-order valence-corrected chi connectivity index (χ4v) is 3.99. The lowest BCUT2D eigenvalue weighted by molar-refractivity contribution is -0.150. The maximum Gasteiger partial charge on any atom is 0.419 e. The molecule has 8 nitrogen and oxygen atoms in total. The van der Waals surface area contributed by atoms with Gasteiger partial charge in [0, 0.05) is 26.2 Å². The van der Waals surface area contributed by atoms with Crippen LogP contribution >= 0.6 is 0 Å². The number of benzene rings is 3. The van der Waals surface area contributed by atoms with Gasteiger partial charge in [0.2, 0.25) is 0 Å². The lowest BCUT2D eigenvalue weighted by Gasteiger charge is -2.23. The highest BCUT2D eigenvalue weighted by Gasteiger charge is 2.35. The van der Waals surface area contributed by atoms with E-state index in [0.717, 1.165) is 23.3 Å². The van der Waals surface area contributed by atoms with Gasteiger partial charge in [0.15, 0.2) is 6.10 Å².